The van der Waals surface area contributed by atoms with Crippen LogP contribution in [0.3, 0.4) is 0 Å². The van der Waals surface area contributed by atoms with Gasteiger partial charge in [0.1, 0.15) is 5.75 Å². The van der Waals surface area contributed by atoms with Gasteiger partial charge < -0.3 is 4.74 Å². The predicted octanol–water partition coefficient (Wildman–Crippen LogP) is 6.60. The second-order valence-electron chi connectivity index (χ2n) is 8.60. The fourth-order valence-corrected chi connectivity index (χ4v) is 5.54. The van der Waals surface area contributed by atoms with Gasteiger partial charge in [0.25, 0.3) is 0 Å². The molecule has 0 aliphatic heterocycles. The Morgan fingerprint density at radius 2 is 1.77 bits per heavy atom. The standard InChI is InChI=1S/C23H25BrO2/c1-22(2)16-12-13-23(22,3)19(14-16)18-6-4-5-7-20(18)26-21(25)15-8-10-17(24)11-9-15/h4-11,16,19H,12-14H2,1-3H3/t16-,19-,23+/m0/s1. The Morgan fingerprint density at radius 3 is 2.38 bits per heavy atom. The SMILES string of the molecule is CC1(C)[C@H]2CC[C@]1(C)[C@H](c1ccccc1OC(=O)c1ccc(Br)cc1)C2. The third-order valence-corrected chi connectivity index (χ3v) is 7.90. The lowest BCUT2D eigenvalue weighted by atomic mass is 9.65. The zero-order valence-electron chi connectivity index (χ0n) is 15.6. The Balaban J connectivity index is 1.64. The third kappa shape index (κ3) is 2.63. The minimum atomic E-state index is -0.294. The van der Waals surface area contributed by atoms with E-state index in [0.29, 0.717) is 16.9 Å². The molecule has 0 amide bonds. The topological polar surface area (TPSA) is 26.3 Å². The Kier molecular flexibility index (Phi) is 4.26. The van der Waals surface area contributed by atoms with Gasteiger partial charge in [0.05, 0.1) is 5.56 Å². The number of para-hydroxylation sites is 1. The molecule has 0 heterocycles. The van der Waals surface area contributed by atoms with Crippen molar-refractivity contribution >= 4 is 21.9 Å². The number of carbonyl (C=O) groups excluding carboxylic acids is 1. The average molecular weight is 413 g/mol. The molecule has 2 fully saturated rings. The van der Waals surface area contributed by atoms with Gasteiger partial charge in [-0.05, 0) is 77.8 Å². The van der Waals surface area contributed by atoms with Crippen molar-refractivity contribution in [2.24, 2.45) is 16.7 Å². The fraction of sp³-hybridized carbons (Fsp3) is 0.435. The molecule has 4 rings (SSSR count). The number of ether oxygens (including phenoxy) is 1. The summed E-state index contributed by atoms with van der Waals surface area (Å²) >= 11 is 3.40. The normalized spacial score (nSPS) is 28.9. The summed E-state index contributed by atoms with van der Waals surface area (Å²) in [5.74, 6) is 1.63. The highest BCUT2D eigenvalue weighted by molar-refractivity contribution is 9.10. The van der Waals surface area contributed by atoms with Crippen LogP contribution in [0, 0.1) is 16.7 Å². The molecule has 0 unspecified atom stereocenters. The van der Waals surface area contributed by atoms with Crippen molar-refractivity contribution in [3.63, 3.8) is 0 Å². The summed E-state index contributed by atoms with van der Waals surface area (Å²) in [4.78, 5) is 12.6. The van der Waals surface area contributed by atoms with Crippen LogP contribution in [-0.4, -0.2) is 5.97 Å². The van der Waals surface area contributed by atoms with Crippen molar-refractivity contribution in [3.05, 3.63) is 64.1 Å². The molecule has 136 valence electrons. The molecular formula is C23H25BrO2. The molecule has 3 atom stereocenters. The first-order valence-corrected chi connectivity index (χ1v) is 10.2. The van der Waals surface area contributed by atoms with E-state index >= 15 is 0 Å². The molecule has 2 aliphatic rings. The smallest absolute Gasteiger partial charge is 0.343 e. The van der Waals surface area contributed by atoms with Crippen molar-refractivity contribution in [2.75, 3.05) is 0 Å². The molecule has 3 heteroatoms. The van der Waals surface area contributed by atoms with Gasteiger partial charge in [-0.15, -0.1) is 0 Å². The molecule has 2 nitrogen and oxygen atoms in total. The Bertz CT molecular complexity index is 840. The summed E-state index contributed by atoms with van der Waals surface area (Å²) in [6.07, 6.45) is 3.77. The first-order valence-electron chi connectivity index (χ1n) is 9.39. The summed E-state index contributed by atoms with van der Waals surface area (Å²) in [6, 6.07) is 15.4. The van der Waals surface area contributed by atoms with E-state index < -0.39 is 0 Å². The zero-order chi connectivity index (χ0) is 18.5. The van der Waals surface area contributed by atoms with E-state index in [0.717, 1.165) is 16.1 Å². The molecule has 0 spiro atoms. The molecule has 2 aromatic carbocycles. The lowest BCUT2D eigenvalue weighted by Crippen LogP contribution is -2.31. The highest BCUT2D eigenvalue weighted by Crippen LogP contribution is 2.71. The van der Waals surface area contributed by atoms with E-state index in [2.05, 4.69) is 48.8 Å². The van der Waals surface area contributed by atoms with Gasteiger partial charge in [-0.2, -0.15) is 0 Å². The van der Waals surface area contributed by atoms with Crippen LogP contribution in [0.25, 0.3) is 0 Å². The van der Waals surface area contributed by atoms with E-state index in [9.17, 15) is 4.79 Å². The van der Waals surface area contributed by atoms with Crippen LogP contribution in [0.4, 0.5) is 0 Å². The second kappa shape index (κ2) is 6.23. The van der Waals surface area contributed by atoms with Crippen molar-refractivity contribution in [3.8, 4) is 5.75 Å². The number of halogens is 1. The zero-order valence-corrected chi connectivity index (χ0v) is 17.2. The summed E-state index contributed by atoms with van der Waals surface area (Å²) in [5, 5.41) is 0. The molecule has 0 saturated heterocycles. The average Bonchev–Trinajstić information content (AvgIpc) is 2.96. The van der Waals surface area contributed by atoms with E-state index in [-0.39, 0.29) is 11.4 Å². The minimum absolute atomic E-state index is 0.262. The minimum Gasteiger partial charge on any atom is -0.423 e. The maximum atomic E-state index is 12.6. The molecule has 0 N–H and O–H groups in total. The maximum absolute atomic E-state index is 12.6. The van der Waals surface area contributed by atoms with E-state index in [4.69, 9.17) is 4.74 Å². The van der Waals surface area contributed by atoms with Crippen LogP contribution in [0.2, 0.25) is 0 Å². The lowest BCUT2D eigenvalue weighted by molar-refractivity contribution is 0.0728. The quantitative estimate of drug-likeness (QED) is 0.419. The monoisotopic (exact) mass is 412 g/mol. The summed E-state index contributed by atoms with van der Waals surface area (Å²) in [7, 11) is 0. The predicted molar refractivity (Wildman–Crippen MR) is 108 cm³/mol. The molecule has 2 aliphatic carbocycles. The van der Waals surface area contributed by atoms with E-state index in [1.165, 1.54) is 24.8 Å². The van der Waals surface area contributed by atoms with Crippen LogP contribution in [-0.2, 0) is 0 Å². The second-order valence-corrected chi connectivity index (χ2v) is 9.51. The van der Waals surface area contributed by atoms with Crippen LogP contribution in [0.5, 0.6) is 5.75 Å². The van der Waals surface area contributed by atoms with Crippen LogP contribution in [0.15, 0.2) is 53.0 Å². The maximum Gasteiger partial charge on any atom is 0.343 e. The highest BCUT2D eigenvalue weighted by Gasteiger charge is 2.61. The molecule has 0 radical (unpaired) electrons. The van der Waals surface area contributed by atoms with Gasteiger partial charge in [0, 0.05) is 4.47 Å². The largest absolute Gasteiger partial charge is 0.423 e. The number of fused-ring (bicyclic) bond motifs is 2. The number of hydrogen-bond donors (Lipinski definition) is 0. The van der Waals surface area contributed by atoms with Crippen molar-refractivity contribution < 1.29 is 9.53 Å². The summed E-state index contributed by atoms with van der Waals surface area (Å²) < 4.78 is 6.80. The number of rotatable bonds is 3. The first-order chi connectivity index (χ1) is 12.3. The Labute approximate surface area is 164 Å². The van der Waals surface area contributed by atoms with Crippen LogP contribution in [0.1, 0.15) is 61.9 Å². The molecule has 26 heavy (non-hydrogen) atoms. The molecule has 2 aromatic rings. The lowest BCUT2D eigenvalue weighted by Gasteiger charge is -2.40. The van der Waals surface area contributed by atoms with Crippen molar-refractivity contribution in [1.82, 2.24) is 0 Å². The number of benzene rings is 2. The fourth-order valence-electron chi connectivity index (χ4n) is 5.28. The van der Waals surface area contributed by atoms with Crippen LogP contribution < -0.4 is 4.74 Å². The van der Waals surface area contributed by atoms with Crippen molar-refractivity contribution in [1.29, 1.82) is 0 Å². The van der Waals surface area contributed by atoms with Gasteiger partial charge >= 0.3 is 5.97 Å². The molecular weight excluding hydrogens is 388 g/mol. The van der Waals surface area contributed by atoms with Gasteiger partial charge in [0.2, 0.25) is 0 Å². The summed E-state index contributed by atoms with van der Waals surface area (Å²) in [5.41, 5.74) is 2.36. The van der Waals surface area contributed by atoms with E-state index in [1.54, 1.807) is 12.1 Å². The van der Waals surface area contributed by atoms with Crippen LogP contribution >= 0.6 is 15.9 Å². The number of carbonyl (C=O) groups is 1. The number of hydrogen-bond acceptors (Lipinski definition) is 2. The highest BCUT2D eigenvalue weighted by atomic mass is 79.9. The van der Waals surface area contributed by atoms with Gasteiger partial charge in [0.15, 0.2) is 0 Å². The first kappa shape index (κ1) is 17.8. The Hall–Kier alpha value is -1.61. The molecule has 2 bridgehead atoms. The van der Waals surface area contributed by atoms with E-state index in [1.807, 2.05) is 24.3 Å². The molecule has 2 saturated carbocycles. The number of esters is 1. The van der Waals surface area contributed by atoms with Gasteiger partial charge in [-0.3, -0.25) is 0 Å². The van der Waals surface area contributed by atoms with Crippen molar-refractivity contribution in [2.45, 2.75) is 46.0 Å². The summed E-state index contributed by atoms with van der Waals surface area (Å²) in [6.45, 7) is 7.26. The van der Waals surface area contributed by atoms with Gasteiger partial charge in [-0.25, -0.2) is 4.79 Å². The Morgan fingerprint density at radius 1 is 1.08 bits per heavy atom. The molecule has 0 aromatic heterocycles. The third-order valence-electron chi connectivity index (χ3n) is 7.37. The van der Waals surface area contributed by atoms with Gasteiger partial charge in [-0.1, -0.05) is 54.9 Å².